The van der Waals surface area contributed by atoms with Gasteiger partial charge in [0.2, 0.25) is 5.91 Å². The Morgan fingerprint density at radius 1 is 1.23 bits per heavy atom. The molecule has 0 aliphatic rings. The fourth-order valence-corrected chi connectivity index (χ4v) is 1.80. The molecule has 0 aliphatic heterocycles. The first-order valence-electron chi connectivity index (χ1n) is 6.37. The molecule has 0 unspecified atom stereocenters. The summed E-state index contributed by atoms with van der Waals surface area (Å²) in [6.45, 7) is 0. The number of nitro benzene ring substituents is 1. The second kappa shape index (κ2) is 6.98. The molecule has 7 nitrogen and oxygen atoms in total. The lowest BCUT2D eigenvalue weighted by atomic mass is 10.1. The summed E-state index contributed by atoms with van der Waals surface area (Å²) in [7, 11) is 0. The molecule has 2 aromatic carbocycles. The molecule has 0 atom stereocenters. The first-order valence-corrected chi connectivity index (χ1v) is 6.37. The van der Waals surface area contributed by atoms with Crippen LogP contribution >= 0.6 is 0 Å². The fourth-order valence-electron chi connectivity index (χ4n) is 1.80. The van der Waals surface area contributed by atoms with E-state index in [0.29, 0.717) is 0 Å². The van der Waals surface area contributed by atoms with Crippen LogP contribution in [-0.4, -0.2) is 17.0 Å². The molecule has 0 aromatic heterocycles. The Morgan fingerprint density at radius 3 is 2.64 bits per heavy atom. The highest BCUT2D eigenvalue weighted by Crippen LogP contribution is 2.19. The van der Waals surface area contributed by atoms with Crippen LogP contribution < -0.4 is 10.5 Å². The molecule has 22 heavy (non-hydrogen) atoms. The normalized spacial score (nSPS) is 10.5. The molecule has 0 radical (unpaired) electrons. The SMILES string of the molecule is O=C(Cc1ccccc1)N/N=C\c1cc([O-])ccc1[N+](=O)[O-]. The van der Waals surface area contributed by atoms with Gasteiger partial charge in [-0.05, 0) is 5.56 Å². The van der Waals surface area contributed by atoms with Crippen LogP contribution in [0, 0.1) is 10.1 Å². The van der Waals surface area contributed by atoms with Crippen molar-refractivity contribution >= 4 is 17.8 Å². The van der Waals surface area contributed by atoms with Gasteiger partial charge in [0.15, 0.2) is 0 Å². The number of amides is 1. The summed E-state index contributed by atoms with van der Waals surface area (Å²) in [6.07, 6.45) is 1.23. The Balaban J connectivity index is 2.02. The van der Waals surface area contributed by atoms with Gasteiger partial charge in [0.25, 0.3) is 5.69 Å². The number of rotatable bonds is 5. The van der Waals surface area contributed by atoms with Gasteiger partial charge in [-0.2, -0.15) is 5.10 Å². The van der Waals surface area contributed by atoms with Gasteiger partial charge in [0.05, 0.1) is 23.1 Å². The van der Waals surface area contributed by atoms with Crippen LogP contribution in [-0.2, 0) is 11.2 Å². The molecule has 1 amide bonds. The van der Waals surface area contributed by atoms with Crippen LogP contribution in [0.25, 0.3) is 0 Å². The predicted molar refractivity (Wildman–Crippen MR) is 78.4 cm³/mol. The molecule has 0 fully saturated rings. The van der Waals surface area contributed by atoms with Crippen LogP contribution in [0.15, 0.2) is 53.6 Å². The number of carbonyl (C=O) groups excluding carboxylic acids is 1. The summed E-state index contributed by atoms with van der Waals surface area (Å²) in [5.74, 6) is -0.731. The minimum Gasteiger partial charge on any atom is -0.872 e. The second-order valence-corrected chi connectivity index (χ2v) is 4.43. The smallest absolute Gasteiger partial charge is 0.278 e. The van der Waals surface area contributed by atoms with E-state index in [2.05, 4.69) is 10.5 Å². The zero-order valence-electron chi connectivity index (χ0n) is 11.4. The van der Waals surface area contributed by atoms with Crippen LogP contribution in [0.1, 0.15) is 11.1 Å². The Morgan fingerprint density at radius 2 is 1.95 bits per heavy atom. The van der Waals surface area contributed by atoms with Gasteiger partial charge < -0.3 is 5.11 Å². The largest absolute Gasteiger partial charge is 0.872 e. The summed E-state index contributed by atoms with van der Waals surface area (Å²) in [6, 6.07) is 12.4. The minimum atomic E-state index is -0.618. The Hall–Kier alpha value is -3.22. The molecule has 2 rings (SSSR count). The number of nitro groups is 1. The van der Waals surface area contributed by atoms with Crippen LogP contribution in [0.3, 0.4) is 0 Å². The van der Waals surface area contributed by atoms with Crippen molar-refractivity contribution in [3.63, 3.8) is 0 Å². The molecule has 7 heteroatoms. The number of carbonyl (C=O) groups is 1. The first-order chi connectivity index (χ1) is 10.6. The van der Waals surface area contributed by atoms with Crippen molar-refractivity contribution in [3.8, 4) is 5.75 Å². The van der Waals surface area contributed by atoms with E-state index >= 15 is 0 Å². The monoisotopic (exact) mass is 298 g/mol. The molecule has 0 saturated carbocycles. The maximum absolute atomic E-state index is 11.7. The highest BCUT2D eigenvalue weighted by atomic mass is 16.6. The highest BCUT2D eigenvalue weighted by molar-refractivity contribution is 5.87. The Labute approximate surface area is 126 Å². The van der Waals surface area contributed by atoms with E-state index in [-0.39, 0.29) is 29.3 Å². The zero-order valence-corrected chi connectivity index (χ0v) is 11.4. The number of benzene rings is 2. The molecule has 0 heterocycles. The van der Waals surface area contributed by atoms with E-state index in [9.17, 15) is 20.0 Å². The number of hydrogen-bond donors (Lipinski definition) is 1. The van der Waals surface area contributed by atoms with Crippen molar-refractivity contribution < 1.29 is 14.8 Å². The number of hydrazone groups is 1. The predicted octanol–water partition coefficient (Wildman–Crippen LogP) is 1.36. The van der Waals surface area contributed by atoms with E-state index in [4.69, 9.17) is 0 Å². The van der Waals surface area contributed by atoms with Gasteiger partial charge in [-0.25, -0.2) is 5.43 Å². The summed E-state index contributed by atoms with van der Waals surface area (Å²) in [4.78, 5) is 21.9. The molecule has 2 aromatic rings. The third kappa shape index (κ3) is 4.14. The van der Waals surface area contributed by atoms with E-state index in [0.717, 1.165) is 30.0 Å². The van der Waals surface area contributed by atoms with Crippen LogP contribution in [0.5, 0.6) is 5.75 Å². The lowest BCUT2D eigenvalue weighted by Crippen LogP contribution is -2.19. The molecule has 1 N–H and O–H groups in total. The average molecular weight is 298 g/mol. The van der Waals surface area contributed by atoms with Gasteiger partial charge in [0.1, 0.15) is 0 Å². The quantitative estimate of drug-likeness (QED) is 0.510. The molecular formula is C15H12N3O4-. The topological polar surface area (TPSA) is 108 Å². The Bertz CT molecular complexity index is 714. The number of hydrogen-bond acceptors (Lipinski definition) is 5. The zero-order chi connectivity index (χ0) is 15.9. The van der Waals surface area contributed by atoms with E-state index in [1.54, 1.807) is 12.1 Å². The first kappa shape index (κ1) is 15.2. The molecular weight excluding hydrogens is 286 g/mol. The van der Waals surface area contributed by atoms with Gasteiger partial charge in [-0.15, -0.1) is 5.75 Å². The Kier molecular flexibility index (Phi) is 4.81. The van der Waals surface area contributed by atoms with Crippen molar-refractivity contribution in [2.75, 3.05) is 0 Å². The maximum Gasteiger partial charge on any atom is 0.278 e. The summed E-state index contributed by atoms with van der Waals surface area (Å²) < 4.78 is 0. The van der Waals surface area contributed by atoms with Crippen LogP contribution in [0.4, 0.5) is 5.69 Å². The van der Waals surface area contributed by atoms with E-state index < -0.39 is 4.92 Å². The van der Waals surface area contributed by atoms with Crippen molar-refractivity contribution in [1.29, 1.82) is 0 Å². The van der Waals surface area contributed by atoms with Gasteiger partial charge in [-0.1, -0.05) is 42.5 Å². The van der Waals surface area contributed by atoms with Gasteiger partial charge >= 0.3 is 0 Å². The summed E-state index contributed by atoms with van der Waals surface area (Å²) in [5, 5.41) is 25.7. The van der Waals surface area contributed by atoms with Gasteiger partial charge in [-0.3, -0.25) is 14.9 Å². The molecule has 0 aliphatic carbocycles. The molecule has 112 valence electrons. The van der Waals surface area contributed by atoms with Crippen molar-refractivity contribution in [2.24, 2.45) is 5.10 Å². The molecule has 0 saturated heterocycles. The molecule has 0 spiro atoms. The number of nitrogens with zero attached hydrogens (tertiary/aromatic N) is 2. The minimum absolute atomic E-state index is 0.0394. The third-order valence-corrected chi connectivity index (χ3v) is 2.80. The highest BCUT2D eigenvalue weighted by Gasteiger charge is 2.10. The van der Waals surface area contributed by atoms with E-state index in [1.807, 2.05) is 18.2 Å². The average Bonchev–Trinajstić information content (AvgIpc) is 2.48. The van der Waals surface area contributed by atoms with Crippen molar-refractivity contribution in [1.82, 2.24) is 5.43 Å². The maximum atomic E-state index is 11.7. The van der Waals surface area contributed by atoms with Gasteiger partial charge in [0, 0.05) is 6.07 Å². The number of nitrogens with one attached hydrogen (secondary N) is 1. The second-order valence-electron chi connectivity index (χ2n) is 4.43. The standard InChI is InChI=1S/C15H13N3O4/c19-13-6-7-14(18(21)22)12(9-13)10-16-17-15(20)8-11-4-2-1-3-5-11/h1-7,9-10,19H,8H2,(H,17,20)/p-1/b16-10-. The van der Waals surface area contributed by atoms with Crippen molar-refractivity contribution in [2.45, 2.75) is 6.42 Å². The summed E-state index contributed by atoms with van der Waals surface area (Å²) >= 11 is 0. The lowest BCUT2D eigenvalue weighted by Gasteiger charge is -2.05. The van der Waals surface area contributed by atoms with E-state index in [1.165, 1.54) is 0 Å². The summed E-state index contributed by atoms with van der Waals surface area (Å²) in [5.41, 5.74) is 2.88. The van der Waals surface area contributed by atoms with Crippen LogP contribution in [0.2, 0.25) is 0 Å². The van der Waals surface area contributed by atoms with Crippen molar-refractivity contribution in [3.05, 3.63) is 69.8 Å². The lowest BCUT2D eigenvalue weighted by molar-refractivity contribution is -0.385. The molecule has 0 bridgehead atoms. The fraction of sp³-hybridized carbons (Fsp3) is 0.0667. The third-order valence-electron chi connectivity index (χ3n) is 2.80.